The summed E-state index contributed by atoms with van der Waals surface area (Å²) in [5.41, 5.74) is 2.40. The summed E-state index contributed by atoms with van der Waals surface area (Å²) in [4.78, 5) is 4.55. The van der Waals surface area contributed by atoms with Crippen LogP contribution in [-0.4, -0.2) is 17.3 Å². The van der Waals surface area contributed by atoms with Crippen molar-refractivity contribution in [1.82, 2.24) is 10.3 Å². The van der Waals surface area contributed by atoms with Crippen LogP contribution in [0.3, 0.4) is 0 Å². The number of benzene rings is 1. The lowest BCUT2D eigenvalue weighted by Crippen LogP contribution is -2.31. The monoisotopic (exact) mass is 322 g/mol. The van der Waals surface area contributed by atoms with Gasteiger partial charge in [-0.3, -0.25) is 4.98 Å². The van der Waals surface area contributed by atoms with Crippen LogP contribution in [0.25, 0.3) is 10.9 Å². The summed E-state index contributed by atoms with van der Waals surface area (Å²) in [5.74, 6) is 1.96. The van der Waals surface area contributed by atoms with Crippen molar-refractivity contribution < 1.29 is 0 Å². The second-order valence-electron chi connectivity index (χ2n) is 4.76. The minimum Gasteiger partial charge on any atom is -0.301 e. The molecule has 2 unspecified atom stereocenters. The largest absolute Gasteiger partial charge is 0.301 e. The second-order valence-corrected chi connectivity index (χ2v) is 6.76. The van der Waals surface area contributed by atoms with Crippen LogP contribution in [0.1, 0.15) is 17.9 Å². The van der Waals surface area contributed by atoms with Gasteiger partial charge in [0.2, 0.25) is 0 Å². The molecule has 3 rings (SSSR count). The molecule has 1 N–H and O–H groups in total. The molecule has 18 heavy (non-hydrogen) atoms. The highest BCUT2D eigenvalue weighted by atomic mass is 79.9. The van der Waals surface area contributed by atoms with E-state index in [1.54, 1.807) is 0 Å². The number of aromatic nitrogens is 1. The molecular formula is C14H15BrN2S. The van der Waals surface area contributed by atoms with Gasteiger partial charge in [-0.2, -0.15) is 0 Å². The van der Waals surface area contributed by atoms with Crippen LogP contribution in [0.5, 0.6) is 0 Å². The van der Waals surface area contributed by atoms with Crippen LogP contribution in [0, 0.1) is 5.92 Å². The molecule has 2 heterocycles. The molecule has 4 heteroatoms. The minimum atomic E-state index is 0.367. The van der Waals surface area contributed by atoms with E-state index in [2.05, 4.69) is 51.4 Å². The maximum atomic E-state index is 4.55. The number of rotatable bonds is 1. The van der Waals surface area contributed by atoms with Crippen LogP contribution in [-0.2, 0) is 0 Å². The summed E-state index contributed by atoms with van der Waals surface area (Å²) in [5, 5.41) is 5.16. The number of fused-ring (bicyclic) bond motifs is 1. The third-order valence-corrected chi connectivity index (χ3v) is 5.44. The molecule has 0 amide bonds. The molecule has 1 aromatic carbocycles. The number of hydrogen-bond donors (Lipinski definition) is 1. The molecular weight excluding hydrogens is 308 g/mol. The van der Waals surface area contributed by atoms with Gasteiger partial charge in [-0.1, -0.05) is 35.0 Å². The molecule has 94 valence electrons. The molecule has 2 nitrogen and oxygen atoms in total. The van der Waals surface area contributed by atoms with E-state index in [0.717, 1.165) is 22.5 Å². The number of thioether (sulfide) groups is 1. The number of nitrogens with one attached hydrogen (secondary N) is 1. The Balaban J connectivity index is 2.04. The smallest absolute Gasteiger partial charge is 0.0810 e. The normalized spacial score (nSPS) is 24.3. The Morgan fingerprint density at radius 2 is 2.28 bits per heavy atom. The molecule has 0 saturated carbocycles. The second kappa shape index (κ2) is 5.19. The van der Waals surface area contributed by atoms with E-state index in [0.29, 0.717) is 5.37 Å². The standard InChI is InChI=1S/C14H15BrN2S/c1-9-7-17-14(18-8-9)11-4-5-12(15)10-3-2-6-16-13(10)11/h2-6,9,14,17H,7-8H2,1H3. The van der Waals surface area contributed by atoms with Crippen molar-refractivity contribution in [2.24, 2.45) is 5.92 Å². The highest BCUT2D eigenvalue weighted by Crippen LogP contribution is 2.36. The fraction of sp³-hybridized carbons (Fsp3) is 0.357. The lowest BCUT2D eigenvalue weighted by molar-refractivity contribution is 0.530. The van der Waals surface area contributed by atoms with Crippen molar-refractivity contribution in [3.8, 4) is 0 Å². The molecule has 0 bridgehead atoms. The van der Waals surface area contributed by atoms with E-state index in [1.807, 2.05) is 24.0 Å². The summed E-state index contributed by atoms with van der Waals surface area (Å²) < 4.78 is 1.11. The first-order chi connectivity index (χ1) is 8.75. The van der Waals surface area contributed by atoms with Crippen molar-refractivity contribution in [2.45, 2.75) is 12.3 Å². The summed E-state index contributed by atoms with van der Waals surface area (Å²) >= 11 is 5.58. The minimum absolute atomic E-state index is 0.367. The lowest BCUT2D eigenvalue weighted by Gasteiger charge is -2.28. The molecule has 1 aromatic heterocycles. The Hall–Kier alpha value is -0.580. The zero-order chi connectivity index (χ0) is 12.5. The van der Waals surface area contributed by atoms with Gasteiger partial charge in [0.1, 0.15) is 0 Å². The molecule has 2 atom stereocenters. The van der Waals surface area contributed by atoms with Crippen molar-refractivity contribution in [1.29, 1.82) is 0 Å². The van der Waals surface area contributed by atoms with Crippen molar-refractivity contribution in [2.75, 3.05) is 12.3 Å². The van der Waals surface area contributed by atoms with E-state index in [1.165, 1.54) is 16.7 Å². The predicted octanol–water partition coefficient (Wildman–Crippen LogP) is 3.97. The topological polar surface area (TPSA) is 24.9 Å². The number of hydrogen-bond acceptors (Lipinski definition) is 3. The van der Waals surface area contributed by atoms with Gasteiger partial charge in [0.25, 0.3) is 0 Å². The molecule has 1 saturated heterocycles. The number of pyridine rings is 1. The van der Waals surface area contributed by atoms with Gasteiger partial charge < -0.3 is 5.32 Å². The first-order valence-electron chi connectivity index (χ1n) is 6.14. The van der Waals surface area contributed by atoms with E-state index in [4.69, 9.17) is 0 Å². The maximum absolute atomic E-state index is 4.55. The Morgan fingerprint density at radius 3 is 3.06 bits per heavy atom. The molecule has 2 aromatic rings. The summed E-state index contributed by atoms with van der Waals surface area (Å²) in [6.45, 7) is 3.37. The summed E-state index contributed by atoms with van der Waals surface area (Å²) in [6, 6.07) is 8.41. The van der Waals surface area contributed by atoms with E-state index >= 15 is 0 Å². The quantitative estimate of drug-likeness (QED) is 0.860. The molecule has 1 aliphatic rings. The average molecular weight is 323 g/mol. The van der Waals surface area contributed by atoms with Gasteiger partial charge in [-0.05, 0) is 30.3 Å². The van der Waals surface area contributed by atoms with Crippen LogP contribution < -0.4 is 5.32 Å². The Morgan fingerprint density at radius 1 is 1.39 bits per heavy atom. The predicted molar refractivity (Wildman–Crippen MR) is 81.8 cm³/mol. The van der Waals surface area contributed by atoms with Gasteiger partial charge in [0.05, 0.1) is 10.9 Å². The Labute approximate surface area is 120 Å². The lowest BCUT2D eigenvalue weighted by atomic mass is 10.1. The first kappa shape index (κ1) is 12.5. The summed E-state index contributed by atoms with van der Waals surface area (Å²) in [6.07, 6.45) is 1.87. The van der Waals surface area contributed by atoms with Gasteiger partial charge in [-0.15, -0.1) is 11.8 Å². The fourth-order valence-electron chi connectivity index (χ4n) is 2.26. The van der Waals surface area contributed by atoms with Crippen LogP contribution in [0.2, 0.25) is 0 Å². The van der Waals surface area contributed by atoms with Gasteiger partial charge >= 0.3 is 0 Å². The zero-order valence-electron chi connectivity index (χ0n) is 10.2. The Bertz CT molecular complexity index is 565. The van der Waals surface area contributed by atoms with Crippen LogP contribution >= 0.6 is 27.7 Å². The maximum Gasteiger partial charge on any atom is 0.0810 e. The van der Waals surface area contributed by atoms with E-state index in [9.17, 15) is 0 Å². The molecule has 0 aliphatic carbocycles. The highest BCUT2D eigenvalue weighted by molar-refractivity contribution is 9.10. The molecule has 0 spiro atoms. The van der Waals surface area contributed by atoms with Gasteiger partial charge in [0.15, 0.2) is 0 Å². The third kappa shape index (κ3) is 2.29. The van der Waals surface area contributed by atoms with Crippen molar-refractivity contribution >= 4 is 38.6 Å². The number of nitrogens with zero attached hydrogens (tertiary/aromatic N) is 1. The SMILES string of the molecule is CC1CNC(c2ccc(Br)c3cccnc23)SC1. The van der Waals surface area contributed by atoms with E-state index < -0.39 is 0 Å². The third-order valence-electron chi connectivity index (χ3n) is 3.23. The molecule has 0 radical (unpaired) electrons. The van der Waals surface area contributed by atoms with Crippen molar-refractivity contribution in [3.05, 3.63) is 40.5 Å². The van der Waals surface area contributed by atoms with Gasteiger partial charge in [0, 0.05) is 21.6 Å². The number of halogens is 1. The van der Waals surface area contributed by atoms with Crippen LogP contribution in [0.4, 0.5) is 0 Å². The van der Waals surface area contributed by atoms with Crippen LogP contribution in [0.15, 0.2) is 34.9 Å². The molecule has 1 aliphatic heterocycles. The average Bonchev–Trinajstić information content (AvgIpc) is 2.41. The Kier molecular flexibility index (Phi) is 3.59. The highest BCUT2D eigenvalue weighted by Gasteiger charge is 2.21. The van der Waals surface area contributed by atoms with Gasteiger partial charge in [-0.25, -0.2) is 0 Å². The van der Waals surface area contributed by atoms with Crippen molar-refractivity contribution in [3.63, 3.8) is 0 Å². The zero-order valence-corrected chi connectivity index (χ0v) is 12.6. The fourth-order valence-corrected chi connectivity index (χ4v) is 3.93. The summed E-state index contributed by atoms with van der Waals surface area (Å²) in [7, 11) is 0. The first-order valence-corrected chi connectivity index (χ1v) is 7.98. The molecule has 1 fully saturated rings. The van der Waals surface area contributed by atoms with E-state index in [-0.39, 0.29) is 0 Å².